The second-order valence-electron chi connectivity index (χ2n) is 5.39. The van der Waals surface area contributed by atoms with Gasteiger partial charge in [-0.05, 0) is 40.5 Å². The molecule has 0 amide bonds. The lowest BCUT2D eigenvalue weighted by Crippen LogP contribution is -1.98. The third-order valence-electron chi connectivity index (χ3n) is 2.84. The molecule has 0 N–H and O–H groups in total. The first-order valence-electron chi connectivity index (χ1n) is 6.52. The van der Waals surface area contributed by atoms with Crippen molar-refractivity contribution in [2.45, 2.75) is 59.3 Å². The van der Waals surface area contributed by atoms with Gasteiger partial charge in [0, 0.05) is 0 Å². The smallest absolute Gasteiger partial charge is 0.280 e. The molecular formula is C15H23Br2Mg. The number of hydrogen-bond donors (Lipinski definition) is 0. The summed E-state index contributed by atoms with van der Waals surface area (Å²) in [6, 6.07) is 8.15. The Morgan fingerprint density at radius 3 is 1.39 bits per heavy atom. The van der Waals surface area contributed by atoms with E-state index < -0.39 is 0 Å². The normalized spacial score (nSPS) is 10.4. The van der Waals surface area contributed by atoms with Crippen LogP contribution >= 0.6 is 25.8 Å². The Kier molecular flexibility index (Phi) is 10.3. The van der Waals surface area contributed by atoms with Gasteiger partial charge in [0.25, 0.3) is 0 Å². The number of rotatable bonds is 3. The zero-order valence-corrected chi connectivity index (χ0v) is 16.9. The molecule has 0 aliphatic rings. The van der Waals surface area contributed by atoms with Gasteiger partial charge in [0.05, 0.1) is 0 Å². The van der Waals surface area contributed by atoms with E-state index in [1.165, 1.54) is 16.7 Å². The van der Waals surface area contributed by atoms with Crippen LogP contribution in [0.1, 0.15) is 76.0 Å². The van der Waals surface area contributed by atoms with Crippen LogP contribution in [-0.4, -0.2) is 16.0 Å². The highest BCUT2D eigenvalue weighted by molar-refractivity contribution is 9.47. The monoisotopic (exact) mass is 385 g/mol. The predicted molar refractivity (Wildman–Crippen MR) is 91.2 cm³/mol. The molecule has 18 heavy (non-hydrogen) atoms. The summed E-state index contributed by atoms with van der Waals surface area (Å²) in [5.41, 5.74) is 4.15. The van der Waals surface area contributed by atoms with Crippen molar-refractivity contribution < 1.29 is 0 Å². The highest BCUT2D eigenvalue weighted by Gasteiger charge is 2.09. The molecule has 0 aliphatic carbocycles. The zero-order chi connectivity index (χ0) is 14.3. The summed E-state index contributed by atoms with van der Waals surface area (Å²) in [5.74, 6) is 1.75. The largest absolute Gasteiger partial charge is 0.560 e. The summed E-state index contributed by atoms with van der Waals surface area (Å²) in [6.07, 6.45) is 0. The number of benzene rings is 1. The van der Waals surface area contributed by atoms with Gasteiger partial charge in [-0.2, -0.15) is 0 Å². The molecule has 0 saturated heterocycles. The molecule has 0 aromatic heterocycles. The van der Waals surface area contributed by atoms with Crippen molar-refractivity contribution in [3.8, 4) is 0 Å². The first-order valence-corrected chi connectivity index (χ1v) is 14.3. The quantitative estimate of drug-likeness (QED) is 0.544. The Labute approximate surface area is 135 Å². The van der Waals surface area contributed by atoms with Crippen LogP contribution in [0.25, 0.3) is 0 Å². The Morgan fingerprint density at radius 2 is 1.17 bits per heavy atom. The molecule has 1 radical (unpaired) electrons. The highest BCUT2D eigenvalue weighted by atomic mass is 79.9. The molecule has 99 valence electrons. The molecule has 1 aromatic carbocycles. The summed E-state index contributed by atoms with van der Waals surface area (Å²) in [6.45, 7) is 13.5. The lowest BCUT2D eigenvalue weighted by Gasteiger charge is -2.15. The lowest BCUT2D eigenvalue weighted by molar-refractivity contribution is 0.802. The summed E-state index contributed by atoms with van der Waals surface area (Å²) in [7, 11) is 0. The maximum atomic E-state index is 3.54. The molecule has 0 bridgehead atoms. The first-order chi connectivity index (χ1) is 8.33. The van der Waals surface area contributed by atoms with E-state index in [0.717, 1.165) is 0 Å². The van der Waals surface area contributed by atoms with Gasteiger partial charge >= 0.3 is 16.0 Å². The SMILES string of the molecule is CC(C)c1[c]c(C(C)C)cc(C(C)C)c1.[Br][Mg][Br]. The van der Waals surface area contributed by atoms with E-state index in [-0.39, 0.29) is 16.0 Å². The second kappa shape index (κ2) is 9.79. The molecule has 0 atom stereocenters. The topological polar surface area (TPSA) is 0 Å². The van der Waals surface area contributed by atoms with Gasteiger partial charge in [-0.15, -0.1) is 0 Å². The first kappa shape index (κ1) is 18.9. The van der Waals surface area contributed by atoms with Gasteiger partial charge < -0.3 is 0 Å². The van der Waals surface area contributed by atoms with Crippen molar-refractivity contribution in [2.24, 2.45) is 0 Å². The van der Waals surface area contributed by atoms with Crippen LogP contribution in [-0.2, 0) is 0 Å². The fraction of sp³-hybridized carbons (Fsp3) is 0.600. The second-order valence-corrected chi connectivity index (χ2v) is 13.5. The van der Waals surface area contributed by atoms with E-state index in [9.17, 15) is 0 Å². The standard InChI is InChI=1S/C15H23.2BrH.Mg/c1-10(2)13-7-14(11(3)4)9-15(8-13)12(5)6;;;/h7-8,10-12H,1-6H3;2*1H;/q;;;+2/p-2. The van der Waals surface area contributed by atoms with Crippen molar-refractivity contribution >= 4 is 41.8 Å². The average molecular weight is 387 g/mol. The third kappa shape index (κ3) is 6.92. The van der Waals surface area contributed by atoms with Crippen LogP contribution < -0.4 is 0 Å². The van der Waals surface area contributed by atoms with Crippen LogP contribution in [0.3, 0.4) is 0 Å². The van der Waals surface area contributed by atoms with E-state index in [1.54, 1.807) is 0 Å². The molecule has 0 spiro atoms. The van der Waals surface area contributed by atoms with Gasteiger partial charge in [-0.25, -0.2) is 0 Å². The zero-order valence-electron chi connectivity index (χ0n) is 12.3. The van der Waals surface area contributed by atoms with Crippen LogP contribution in [0.4, 0.5) is 0 Å². The van der Waals surface area contributed by atoms with E-state index in [0.29, 0.717) is 17.8 Å². The molecule has 0 heterocycles. The molecule has 0 unspecified atom stereocenters. The predicted octanol–water partition coefficient (Wildman–Crippen LogP) is 6.17. The van der Waals surface area contributed by atoms with Crippen LogP contribution in [0.5, 0.6) is 0 Å². The molecule has 0 nitrogen and oxygen atoms in total. The Morgan fingerprint density at radius 1 is 0.833 bits per heavy atom. The van der Waals surface area contributed by atoms with Crippen molar-refractivity contribution in [1.82, 2.24) is 0 Å². The fourth-order valence-corrected chi connectivity index (χ4v) is 1.59. The van der Waals surface area contributed by atoms with E-state index in [2.05, 4.69) is 85.5 Å². The van der Waals surface area contributed by atoms with Gasteiger partial charge in [-0.3, -0.25) is 25.8 Å². The van der Waals surface area contributed by atoms with E-state index >= 15 is 0 Å². The van der Waals surface area contributed by atoms with Crippen molar-refractivity contribution in [1.29, 1.82) is 0 Å². The van der Waals surface area contributed by atoms with Gasteiger partial charge in [0.1, 0.15) is 0 Å². The van der Waals surface area contributed by atoms with Crippen LogP contribution in [0.15, 0.2) is 12.1 Å². The minimum absolute atomic E-state index is 0.0417. The summed E-state index contributed by atoms with van der Waals surface area (Å²) in [5, 5.41) is 0. The Bertz CT molecular complexity index is 282. The van der Waals surface area contributed by atoms with E-state index in [1.807, 2.05) is 0 Å². The van der Waals surface area contributed by atoms with Crippen molar-refractivity contribution in [2.75, 3.05) is 0 Å². The van der Waals surface area contributed by atoms with Gasteiger partial charge in [0.15, 0.2) is 0 Å². The van der Waals surface area contributed by atoms with Crippen LogP contribution in [0, 0.1) is 6.07 Å². The van der Waals surface area contributed by atoms with Gasteiger partial charge in [0.2, 0.25) is 0 Å². The molecule has 0 saturated carbocycles. The van der Waals surface area contributed by atoms with Crippen molar-refractivity contribution in [3.63, 3.8) is 0 Å². The maximum Gasteiger partial charge on any atom is 0.560 e. The fourth-order valence-electron chi connectivity index (χ4n) is 1.59. The Hall–Kier alpha value is 0.946. The third-order valence-corrected chi connectivity index (χ3v) is 2.84. The average Bonchev–Trinajstić information content (AvgIpc) is 2.29. The molecular weight excluding hydrogens is 364 g/mol. The van der Waals surface area contributed by atoms with Crippen LogP contribution in [0.2, 0.25) is 0 Å². The molecule has 0 aliphatic heterocycles. The molecule has 3 heteroatoms. The lowest BCUT2D eigenvalue weighted by atomic mass is 9.90. The summed E-state index contributed by atoms with van der Waals surface area (Å²) >= 11 is 6.44. The number of halogens is 2. The summed E-state index contributed by atoms with van der Waals surface area (Å²) < 4.78 is 0. The highest BCUT2D eigenvalue weighted by Crippen LogP contribution is 2.26. The summed E-state index contributed by atoms with van der Waals surface area (Å²) in [4.78, 5) is 0. The maximum absolute atomic E-state index is 3.54. The van der Waals surface area contributed by atoms with E-state index in [4.69, 9.17) is 0 Å². The minimum Gasteiger partial charge on any atom is -0.280 e. The van der Waals surface area contributed by atoms with Crippen molar-refractivity contribution in [3.05, 3.63) is 34.9 Å². The minimum atomic E-state index is 0.0417. The Balaban J connectivity index is 0.000000873. The number of hydrogen-bond acceptors (Lipinski definition) is 0. The molecule has 1 rings (SSSR count). The molecule has 1 aromatic rings. The van der Waals surface area contributed by atoms with Gasteiger partial charge in [-0.1, -0.05) is 53.7 Å². The molecule has 0 fully saturated rings.